The van der Waals surface area contributed by atoms with Crippen molar-refractivity contribution >= 4 is 17.0 Å². The molecule has 2 atom stereocenters. The number of carbonyl (C=O) groups is 1. The number of methoxy groups -OCH3 is 1. The van der Waals surface area contributed by atoms with E-state index in [0.717, 1.165) is 0 Å². The second kappa shape index (κ2) is 5.77. The van der Waals surface area contributed by atoms with E-state index < -0.39 is 16.5 Å². The summed E-state index contributed by atoms with van der Waals surface area (Å²) < 4.78 is 19.3. The third kappa shape index (κ3) is 5.07. The van der Waals surface area contributed by atoms with Crippen molar-refractivity contribution in [2.75, 3.05) is 7.11 Å². The first-order valence-corrected chi connectivity index (χ1v) is 6.56. The fourth-order valence-electron chi connectivity index (χ4n) is 1.00. The summed E-state index contributed by atoms with van der Waals surface area (Å²) in [5.41, 5.74) is -0.481. The van der Waals surface area contributed by atoms with Crippen molar-refractivity contribution < 1.29 is 13.7 Å². The van der Waals surface area contributed by atoms with Crippen molar-refractivity contribution in [2.24, 2.45) is 0 Å². The lowest BCUT2D eigenvalue weighted by Gasteiger charge is -2.31. The molecule has 0 amide bonds. The van der Waals surface area contributed by atoms with E-state index in [1.54, 1.807) is 0 Å². The molecule has 0 bridgehead atoms. The lowest BCUT2D eigenvalue weighted by Crippen LogP contribution is -2.49. The van der Waals surface area contributed by atoms with E-state index in [4.69, 9.17) is 0 Å². The topological polar surface area (TPSA) is 55.4 Å². The minimum atomic E-state index is -1.18. The van der Waals surface area contributed by atoms with E-state index in [9.17, 15) is 9.00 Å². The fraction of sp³-hybridized carbons (Fsp3) is 0.909. The maximum Gasteiger partial charge on any atom is 0.307 e. The monoisotopic (exact) mass is 249 g/mol. The number of esters is 1. The van der Waals surface area contributed by atoms with Crippen molar-refractivity contribution in [3.8, 4) is 0 Å². The molecule has 0 rings (SSSR count). The summed E-state index contributed by atoms with van der Waals surface area (Å²) in [6.45, 7) is 9.52. The molecule has 0 fully saturated rings. The van der Waals surface area contributed by atoms with Gasteiger partial charge >= 0.3 is 5.97 Å². The molecule has 16 heavy (non-hydrogen) atoms. The highest BCUT2D eigenvalue weighted by Crippen LogP contribution is 2.19. The van der Waals surface area contributed by atoms with Gasteiger partial charge in [0.15, 0.2) is 0 Å². The summed E-state index contributed by atoms with van der Waals surface area (Å²) >= 11 is 0. The minimum Gasteiger partial charge on any atom is -0.469 e. The summed E-state index contributed by atoms with van der Waals surface area (Å²) in [7, 11) is 0.177. The first-order valence-electron chi connectivity index (χ1n) is 5.41. The maximum atomic E-state index is 12.0. The first kappa shape index (κ1) is 15.6. The number of rotatable bonds is 5. The molecule has 96 valence electrons. The molecule has 0 aromatic carbocycles. The van der Waals surface area contributed by atoms with Gasteiger partial charge in [0.1, 0.15) is 0 Å². The minimum absolute atomic E-state index is 0.224. The molecule has 5 heteroatoms. The van der Waals surface area contributed by atoms with E-state index in [1.165, 1.54) is 7.11 Å². The van der Waals surface area contributed by atoms with E-state index >= 15 is 0 Å². The van der Waals surface area contributed by atoms with Gasteiger partial charge in [-0.05, 0) is 34.1 Å². The quantitative estimate of drug-likeness (QED) is 0.756. The molecule has 0 radical (unpaired) electrons. The van der Waals surface area contributed by atoms with Crippen LogP contribution in [0.4, 0.5) is 0 Å². The molecule has 0 saturated heterocycles. The van der Waals surface area contributed by atoms with Crippen LogP contribution in [0.1, 0.15) is 47.5 Å². The smallest absolute Gasteiger partial charge is 0.307 e. The Bertz CT molecular complexity index is 273. The average Bonchev–Trinajstić information content (AvgIpc) is 2.16. The first-order chi connectivity index (χ1) is 7.14. The molecular formula is C11H23NO3S. The SMILES string of the molecule is CC[C@@](C)(CC(=O)OC)N[S@@](=O)C(C)(C)C. The largest absolute Gasteiger partial charge is 0.469 e. The average molecular weight is 249 g/mol. The highest BCUT2D eigenvalue weighted by atomic mass is 32.2. The van der Waals surface area contributed by atoms with E-state index in [1.807, 2.05) is 34.6 Å². The zero-order valence-corrected chi connectivity index (χ0v) is 11.9. The summed E-state index contributed by atoms with van der Waals surface area (Å²) in [5, 5.41) is 0. The molecule has 0 heterocycles. The Morgan fingerprint density at radius 1 is 1.31 bits per heavy atom. The third-order valence-electron chi connectivity index (χ3n) is 2.44. The number of ether oxygens (including phenoxy) is 1. The molecule has 0 unspecified atom stereocenters. The second-order valence-corrected chi connectivity index (χ2v) is 7.12. The fourth-order valence-corrected chi connectivity index (χ4v) is 1.97. The Kier molecular flexibility index (Phi) is 5.62. The zero-order valence-electron chi connectivity index (χ0n) is 11.0. The van der Waals surface area contributed by atoms with Crippen LogP contribution >= 0.6 is 0 Å². The van der Waals surface area contributed by atoms with Crippen LogP contribution < -0.4 is 4.72 Å². The van der Waals surface area contributed by atoms with Crippen LogP contribution in [-0.2, 0) is 20.5 Å². The molecule has 1 N–H and O–H groups in total. The van der Waals surface area contributed by atoms with Crippen molar-refractivity contribution in [1.82, 2.24) is 4.72 Å². The number of nitrogens with one attached hydrogen (secondary N) is 1. The summed E-state index contributed by atoms with van der Waals surface area (Å²) in [6.07, 6.45) is 0.936. The van der Waals surface area contributed by atoms with E-state index in [0.29, 0.717) is 6.42 Å². The molecule has 0 aliphatic carbocycles. The predicted octanol–water partition coefficient (Wildman–Crippen LogP) is 1.77. The zero-order chi connectivity index (χ0) is 13.0. The Hall–Kier alpha value is -0.420. The van der Waals surface area contributed by atoms with Gasteiger partial charge in [0.05, 0.1) is 29.3 Å². The Morgan fingerprint density at radius 3 is 2.12 bits per heavy atom. The van der Waals surface area contributed by atoms with Crippen molar-refractivity contribution in [3.05, 3.63) is 0 Å². The van der Waals surface area contributed by atoms with Crippen molar-refractivity contribution in [3.63, 3.8) is 0 Å². The van der Waals surface area contributed by atoms with Gasteiger partial charge < -0.3 is 4.74 Å². The van der Waals surface area contributed by atoms with Crippen LogP contribution in [0.5, 0.6) is 0 Å². The summed E-state index contributed by atoms with van der Waals surface area (Å²) in [4.78, 5) is 11.3. The van der Waals surface area contributed by atoms with E-state index in [-0.39, 0.29) is 17.1 Å². The lowest BCUT2D eigenvalue weighted by molar-refractivity contribution is -0.142. The normalized spacial score (nSPS) is 17.6. The van der Waals surface area contributed by atoms with Crippen LogP contribution in [0.25, 0.3) is 0 Å². The summed E-state index contributed by atoms with van der Waals surface area (Å²) in [6, 6.07) is 0. The Labute approximate surface area is 101 Å². The Morgan fingerprint density at radius 2 is 1.81 bits per heavy atom. The standard InChI is InChI=1S/C11H23NO3S/c1-7-11(5,8-9(13)15-6)12-16(14)10(2,3)4/h12H,7-8H2,1-6H3/t11-,16-/m0/s1. The van der Waals surface area contributed by atoms with Crippen molar-refractivity contribution in [2.45, 2.75) is 57.7 Å². The molecule has 0 aromatic heterocycles. The molecular weight excluding hydrogens is 226 g/mol. The van der Waals surface area contributed by atoms with Gasteiger partial charge in [-0.1, -0.05) is 6.92 Å². The highest BCUT2D eigenvalue weighted by molar-refractivity contribution is 7.84. The van der Waals surface area contributed by atoms with Crippen LogP contribution in [0.15, 0.2) is 0 Å². The highest BCUT2D eigenvalue weighted by Gasteiger charge is 2.31. The number of carbonyl (C=O) groups excluding carboxylic acids is 1. The van der Waals surface area contributed by atoms with Gasteiger partial charge in [-0.25, -0.2) is 8.93 Å². The number of hydrogen-bond donors (Lipinski definition) is 1. The van der Waals surface area contributed by atoms with Crippen LogP contribution in [-0.4, -0.2) is 27.6 Å². The summed E-state index contributed by atoms with van der Waals surface area (Å²) in [5.74, 6) is -0.289. The molecule has 0 aromatic rings. The third-order valence-corrected chi connectivity index (χ3v) is 4.23. The van der Waals surface area contributed by atoms with Crippen LogP contribution in [0.3, 0.4) is 0 Å². The van der Waals surface area contributed by atoms with Crippen molar-refractivity contribution in [1.29, 1.82) is 0 Å². The number of hydrogen-bond acceptors (Lipinski definition) is 3. The van der Waals surface area contributed by atoms with Crippen LogP contribution in [0.2, 0.25) is 0 Å². The molecule has 0 saturated carbocycles. The Balaban J connectivity index is 4.61. The molecule has 4 nitrogen and oxygen atoms in total. The maximum absolute atomic E-state index is 12.0. The van der Waals surface area contributed by atoms with E-state index in [2.05, 4.69) is 9.46 Å². The van der Waals surface area contributed by atoms with Gasteiger partial charge in [0.2, 0.25) is 0 Å². The second-order valence-electron chi connectivity index (χ2n) is 5.15. The van der Waals surface area contributed by atoms with Gasteiger partial charge in [0.25, 0.3) is 0 Å². The molecule has 0 aliphatic heterocycles. The van der Waals surface area contributed by atoms with Gasteiger partial charge in [-0.3, -0.25) is 4.79 Å². The molecule has 0 aliphatic rings. The van der Waals surface area contributed by atoms with Crippen LogP contribution in [0, 0.1) is 0 Å². The van der Waals surface area contributed by atoms with Gasteiger partial charge in [-0.15, -0.1) is 0 Å². The van der Waals surface area contributed by atoms with Gasteiger partial charge in [0, 0.05) is 5.54 Å². The predicted molar refractivity (Wildman–Crippen MR) is 66.4 cm³/mol. The van der Waals surface area contributed by atoms with Gasteiger partial charge in [-0.2, -0.15) is 0 Å². The molecule has 0 spiro atoms. The lowest BCUT2D eigenvalue weighted by atomic mass is 9.96.